The molecule has 1 N–H and O–H groups in total. The summed E-state index contributed by atoms with van der Waals surface area (Å²) in [5, 5.41) is 10.2. The Morgan fingerprint density at radius 3 is 2.03 bits per heavy atom. The van der Waals surface area contributed by atoms with Gasteiger partial charge in [-0.05, 0) is 48.9 Å². The zero-order chi connectivity index (χ0) is 20.9. The molecule has 0 spiro atoms. The molecule has 0 radical (unpaired) electrons. The van der Waals surface area contributed by atoms with E-state index in [-0.39, 0.29) is 5.97 Å². The summed E-state index contributed by atoms with van der Waals surface area (Å²) >= 11 is 0. The van der Waals surface area contributed by atoms with E-state index in [2.05, 4.69) is 6.92 Å². The molecule has 2 aromatic rings. The van der Waals surface area contributed by atoms with Crippen molar-refractivity contribution in [2.24, 2.45) is 0 Å². The first-order valence-electron chi connectivity index (χ1n) is 10.4. The Hall–Kier alpha value is -2.37. The average Bonchev–Trinajstić information content (AvgIpc) is 2.74. The molecule has 0 fully saturated rings. The lowest BCUT2D eigenvalue weighted by Gasteiger charge is -2.13. The largest absolute Gasteiger partial charge is 0.494 e. The van der Waals surface area contributed by atoms with Crippen molar-refractivity contribution in [3.05, 3.63) is 54.1 Å². The lowest BCUT2D eigenvalue weighted by molar-refractivity contribution is -0.141. The summed E-state index contributed by atoms with van der Waals surface area (Å²) < 4.78 is 16.0. The van der Waals surface area contributed by atoms with E-state index in [1.54, 1.807) is 0 Å². The lowest BCUT2D eigenvalue weighted by Crippen LogP contribution is -2.05. The summed E-state index contributed by atoms with van der Waals surface area (Å²) in [5.41, 5.74) is 2.92. The maximum Gasteiger partial charge on any atom is 0.302 e. The molecule has 1 unspecified atom stereocenters. The van der Waals surface area contributed by atoms with Crippen LogP contribution in [0.1, 0.15) is 57.8 Å². The van der Waals surface area contributed by atoms with E-state index in [0.717, 1.165) is 61.2 Å². The van der Waals surface area contributed by atoms with Crippen LogP contribution in [0.15, 0.2) is 48.5 Å². The van der Waals surface area contributed by atoms with Crippen molar-refractivity contribution in [3.63, 3.8) is 0 Å². The van der Waals surface area contributed by atoms with Gasteiger partial charge in [0.15, 0.2) is 6.29 Å². The second kappa shape index (κ2) is 13.0. The Labute approximate surface area is 173 Å². The fourth-order valence-corrected chi connectivity index (χ4v) is 2.87. The lowest BCUT2D eigenvalue weighted by atomic mass is 10.0. The van der Waals surface area contributed by atoms with Crippen molar-refractivity contribution in [2.75, 3.05) is 19.8 Å². The molecule has 0 amide bonds. The SMILES string of the molecule is CCCOc1ccc(-c2ccc(C(O)OCCCCCCOC(C)=O)cc2)cc1. The van der Waals surface area contributed by atoms with Gasteiger partial charge in [-0.15, -0.1) is 0 Å². The van der Waals surface area contributed by atoms with Crippen LogP contribution in [0, 0.1) is 0 Å². The molecule has 2 aromatic carbocycles. The van der Waals surface area contributed by atoms with Gasteiger partial charge >= 0.3 is 5.97 Å². The quantitative estimate of drug-likeness (QED) is 0.282. The van der Waals surface area contributed by atoms with Gasteiger partial charge in [-0.1, -0.05) is 49.7 Å². The van der Waals surface area contributed by atoms with Crippen LogP contribution in [0.5, 0.6) is 5.75 Å². The van der Waals surface area contributed by atoms with Crippen LogP contribution in [-0.4, -0.2) is 30.9 Å². The van der Waals surface area contributed by atoms with E-state index < -0.39 is 6.29 Å². The van der Waals surface area contributed by atoms with Crippen molar-refractivity contribution in [2.45, 2.75) is 52.2 Å². The predicted molar refractivity (Wildman–Crippen MR) is 114 cm³/mol. The van der Waals surface area contributed by atoms with Gasteiger partial charge in [0.2, 0.25) is 0 Å². The molecule has 0 saturated heterocycles. The van der Waals surface area contributed by atoms with Gasteiger partial charge in [0, 0.05) is 12.5 Å². The van der Waals surface area contributed by atoms with Crippen LogP contribution in [-0.2, 0) is 14.3 Å². The van der Waals surface area contributed by atoms with Crippen molar-refractivity contribution >= 4 is 5.97 Å². The Bertz CT molecular complexity index is 709. The van der Waals surface area contributed by atoms with Crippen molar-refractivity contribution in [1.82, 2.24) is 0 Å². The van der Waals surface area contributed by atoms with E-state index >= 15 is 0 Å². The molecule has 0 aromatic heterocycles. The standard InChI is InChI=1S/C24H32O5/c1-3-16-28-23-14-12-21(13-15-23)20-8-10-22(11-9-20)24(26)29-18-7-5-4-6-17-27-19(2)25/h8-15,24,26H,3-7,16-18H2,1-2H3. The summed E-state index contributed by atoms with van der Waals surface area (Å²) in [4.78, 5) is 10.7. The number of esters is 1. The van der Waals surface area contributed by atoms with Crippen molar-refractivity contribution in [1.29, 1.82) is 0 Å². The highest BCUT2D eigenvalue weighted by molar-refractivity contribution is 5.66. The topological polar surface area (TPSA) is 65.0 Å². The minimum Gasteiger partial charge on any atom is -0.494 e. The number of benzene rings is 2. The van der Waals surface area contributed by atoms with Gasteiger partial charge in [-0.25, -0.2) is 0 Å². The third-order valence-corrected chi connectivity index (χ3v) is 4.48. The zero-order valence-corrected chi connectivity index (χ0v) is 17.4. The Kier molecular flexibility index (Phi) is 10.2. The van der Waals surface area contributed by atoms with E-state index in [1.807, 2.05) is 48.5 Å². The molecule has 0 aliphatic heterocycles. The van der Waals surface area contributed by atoms with Gasteiger partial charge in [0.25, 0.3) is 0 Å². The molecule has 1 atom stereocenters. The molecule has 5 heteroatoms. The maximum absolute atomic E-state index is 10.7. The fourth-order valence-electron chi connectivity index (χ4n) is 2.87. The third kappa shape index (κ3) is 8.67. The molecule has 0 heterocycles. The molecule has 2 rings (SSSR count). The molecule has 29 heavy (non-hydrogen) atoms. The number of hydrogen-bond donors (Lipinski definition) is 1. The smallest absolute Gasteiger partial charge is 0.302 e. The predicted octanol–water partition coefficient (Wildman–Crippen LogP) is 5.27. The van der Waals surface area contributed by atoms with Gasteiger partial charge < -0.3 is 19.3 Å². The zero-order valence-electron chi connectivity index (χ0n) is 17.4. The highest BCUT2D eigenvalue weighted by Gasteiger charge is 2.08. The molecule has 0 aliphatic carbocycles. The Morgan fingerprint density at radius 1 is 0.862 bits per heavy atom. The minimum absolute atomic E-state index is 0.236. The highest BCUT2D eigenvalue weighted by atomic mass is 16.6. The number of aliphatic hydroxyl groups excluding tert-OH is 1. The number of aliphatic hydroxyl groups is 1. The van der Waals surface area contributed by atoms with Gasteiger partial charge in [0.05, 0.1) is 19.8 Å². The van der Waals surface area contributed by atoms with Crippen LogP contribution in [0.3, 0.4) is 0 Å². The fraction of sp³-hybridized carbons (Fsp3) is 0.458. The monoisotopic (exact) mass is 400 g/mol. The molecule has 0 bridgehead atoms. The van der Waals surface area contributed by atoms with Crippen LogP contribution in [0.2, 0.25) is 0 Å². The third-order valence-electron chi connectivity index (χ3n) is 4.48. The molecular formula is C24H32O5. The van der Waals surface area contributed by atoms with Crippen LogP contribution in [0.25, 0.3) is 11.1 Å². The number of rotatable bonds is 13. The minimum atomic E-state index is -0.921. The maximum atomic E-state index is 10.7. The summed E-state index contributed by atoms with van der Waals surface area (Å²) in [6.07, 6.45) is 3.74. The van der Waals surface area contributed by atoms with Crippen LogP contribution >= 0.6 is 0 Å². The molecule has 0 saturated carbocycles. The van der Waals surface area contributed by atoms with E-state index in [1.165, 1.54) is 6.92 Å². The van der Waals surface area contributed by atoms with Crippen LogP contribution < -0.4 is 4.74 Å². The van der Waals surface area contributed by atoms with E-state index in [9.17, 15) is 9.90 Å². The summed E-state index contributed by atoms with van der Waals surface area (Å²) in [5.74, 6) is 0.642. The number of carbonyl (C=O) groups is 1. The molecule has 0 aliphatic rings. The van der Waals surface area contributed by atoms with E-state index in [0.29, 0.717) is 13.2 Å². The number of ether oxygens (including phenoxy) is 3. The number of carbonyl (C=O) groups excluding carboxylic acids is 1. The van der Waals surface area contributed by atoms with Crippen molar-refractivity contribution in [3.8, 4) is 16.9 Å². The van der Waals surface area contributed by atoms with Gasteiger partial charge in [-0.3, -0.25) is 4.79 Å². The Morgan fingerprint density at radius 2 is 1.45 bits per heavy atom. The second-order valence-electron chi connectivity index (χ2n) is 6.97. The molecule has 158 valence electrons. The highest BCUT2D eigenvalue weighted by Crippen LogP contribution is 2.25. The molecular weight excluding hydrogens is 368 g/mol. The summed E-state index contributed by atoms with van der Waals surface area (Å²) in [6, 6.07) is 15.8. The number of unbranched alkanes of at least 4 members (excludes halogenated alkanes) is 3. The van der Waals surface area contributed by atoms with Gasteiger partial charge in [-0.2, -0.15) is 0 Å². The first kappa shape index (κ1) is 22.9. The van der Waals surface area contributed by atoms with Crippen molar-refractivity contribution < 1.29 is 24.1 Å². The second-order valence-corrected chi connectivity index (χ2v) is 6.97. The number of hydrogen-bond acceptors (Lipinski definition) is 5. The summed E-state index contributed by atoms with van der Waals surface area (Å²) in [6.45, 7) is 5.19. The van der Waals surface area contributed by atoms with Gasteiger partial charge in [0.1, 0.15) is 5.75 Å². The first-order valence-corrected chi connectivity index (χ1v) is 10.4. The van der Waals surface area contributed by atoms with E-state index in [4.69, 9.17) is 14.2 Å². The van der Waals surface area contributed by atoms with Crippen LogP contribution in [0.4, 0.5) is 0 Å². The normalized spacial score (nSPS) is 11.8. The Balaban J connectivity index is 1.71. The first-order chi connectivity index (χ1) is 14.1. The average molecular weight is 401 g/mol. The summed E-state index contributed by atoms with van der Waals surface area (Å²) in [7, 11) is 0. The molecule has 5 nitrogen and oxygen atoms in total.